The minimum atomic E-state index is 0.208. The van der Waals surface area contributed by atoms with Gasteiger partial charge in [-0.05, 0) is 36.8 Å². The van der Waals surface area contributed by atoms with Crippen molar-refractivity contribution in [2.75, 3.05) is 26.2 Å². The van der Waals surface area contributed by atoms with Crippen LogP contribution in [0.25, 0.3) is 10.9 Å². The second-order valence-electron chi connectivity index (χ2n) is 7.96. The lowest BCUT2D eigenvalue weighted by Gasteiger charge is -2.29. The van der Waals surface area contributed by atoms with E-state index in [1.54, 1.807) is 6.92 Å². The number of aromatic nitrogens is 1. The molecule has 1 aromatic carbocycles. The van der Waals surface area contributed by atoms with Gasteiger partial charge < -0.3 is 4.90 Å². The Kier molecular flexibility index (Phi) is 5.21. The molecule has 2 heterocycles. The summed E-state index contributed by atoms with van der Waals surface area (Å²) in [5.74, 6) is 0.675. The number of benzene rings is 1. The summed E-state index contributed by atoms with van der Waals surface area (Å²) in [6.45, 7) is 5.56. The van der Waals surface area contributed by atoms with Gasteiger partial charge in [0, 0.05) is 50.7 Å². The van der Waals surface area contributed by atoms with E-state index in [9.17, 15) is 4.79 Å². The van der Waals surface area contributed by atoms with Gasteiger partial charge in [0.15, 0.2) is 0 Å². The first-order chi connectivity index (χ1) is 12.7. The second kappa shape index (κ2) is 7.75. The molecule has 1 saturated heterocycles. The molecule has 1 aromatic heterocycles. The second-order valence-corrected chi connectivity index (χ2v) is 7.96. The summed E-state index contributed by atoms with van der Waals surface area (Å²) < 4.78 is 0. The van der Waals surface area contributed by atoms with Gasteiger partial charge in [0.05, 0.1) is 5.52 Å². The number of hydrogen-bond acceptors (Lipinski definition) is 3. The third kappa shape index (κ3) is 3.75. The largest absolute Gasteiger partial charge is 0.341 e. The average molecular weight is 351 g/mol. The van der Waals surface area contributed by atoms with Gasteiger partial charge in [-0.25, -0.2) is 0 Å². The smallest absolute Gasteiger partial charge is 0.219 e. The predicted octanol–water partition coefficient (Wildman–Crippen LogP) is 3.50. The zero-order valence-corrected chi connectivity index (χ0v) is 15.7. The molecule has 26 heavy (non-hydrogen) atoms. The Hall–Kier alpha value is -1.94. The highest BCUT2D eigenvalue weighted by Crippen LogP contribution is 2.27. The van der Waals surface area contributed by atoms with Crippen molar-refractivity contribution in [3.8, 4) is 0 Å². The Balaban J connectivity index is 1.57. The molecule has 4 heteroatoms. The summed E-state index contributed by atoms with van der Waals surface area (Å²) in [4.78, 5) is 21.4. The van der Waals surface area contributed by atoms with Crippen LogP contribution in [0.15, 0.2) is 36.5 Å². The fourth-order valence-corrected chi connectivity index (χ4v) is 4.79. The van der Waals surface area contributed by atoms with Crippen LogP contribution in [0.5, 0.6) is 0 Å². The molecule has 2 aromatic rings. The van der Waals surface area contributed by atoms with E-state index < -0.39 is 0 Å². The predicted molar refractivity (Wildman–Crippen MR) is 105 cm³/mol. The lowest BCUT2D eigenvalue weighted by Crippen LogP contribution is -2.38. The first-order valence-corrected chi connectivity index (χ1v) is 10.0. The van der Waals surface area contributed by atoms with Crippen LogP contribution in [0.2, 0.25) is 0 Å². The van der Waals surface area contributed by atoms with Crippen LogP contribution < -0.4 is 0 Å². The molecule has 0 N–H and O–H groups in total. The SMILES string of the molecule is CC(=O)N1CCN(C2CCCC2)CC(Cc2cccc3cccnc23)C1. The van der Waals surface area contributed by atoms with E-state index in [1.807, 2.05) is 12.3 Å². The molecule has 4 nitrogen and oxygen atoms in total. The van der Waals surface area contributed by atoms with Crippen molar-refractivity contribution in [2.24, 2.45) is 5.92 Å². The maximum absolute atomic E-state index is 12.1. The number of carbonyl (C=O) groups is 1. The van der Waals surface area contributed by atoms with Crippen molar-refractivity contribution in [3.05, 3.63) is 42.1 Å². The van der Waals surface area contributed by atoms with E-state index >= 15 is 0 Å². The quantitative estimate of drug-likeness (QED) is 0.849. The molecule has 0 bridgehead atoms. The van der Waals surface area contributed by atoms with Crippen LogP contribution >= 0.6 is 0 Å². The highest BCUT2D eigenvalue weighted by molar-refractivity contribution is 5.81. The number of para-hydroxylation sites is 1. The lowest BCUT2D eigenvalue weighted by molar-refractivity contribution is -0.129. The molecule has 2 fully saturated rings. The minimum Gasteiger partial charge on any atom is -0.341 e. The lowest BCUT2D eigenvalue weighted by atomic mass is 9.96. The van der Waals surface area contributed by atoms with Crippen molar-refractivity contribution in [1.82, 2.24) is 14.8 Å². The Morgan fingerprint density at radius 3 is 2.73 bits per heavy atom. The van der Waals surface area contributed by atoms with E-state index in [2.05, 4.69) is 39.0 Å². The molecule has 4 rings (SSSR count). The van der Waals surface area contributed by atoms with Crippen molar-refractivity contribution in [3.63, 3.8) is 0 Å². The van der Waals surface area contributed by atoms with Crippen LogP contribution in [0.3, 0.4) is 0 Å². The number of pyridine rings is 1. The van der Waals surface area contributed by atoms with Crippen LogP contribution in [0.1, 0.15) is 38.2 Å². The molecular formula is C22H29N3O. The zero-order chi connectivity index (χ0) is 17.9. The molecule has 138 valence electrons. The standard InChI is InChI=1S/C22H29N3O/c1-17(26)24-12-13-25(21-9-2-3-10-21)16-18(15-24)14-20-7-4-6-19-8-5-11-23-22(19)20/h4-8,11,18,21H,2-3,9-10,12-16H2,1H3. The van der Waals surface area contributed by atoms with Gasteiger partial charge in [-0.2, -0.15) is 0 Å². The number of hydrogen-bond donors (Lipinski definition) is 0. The molecule has 0 radical (unpaired) electrons. The Morgan fingerprint density at radius 1 is 1.12 bits per heavy atom. The third-order valence-electron chi connectivity index (χ3n) is 6.14. The molecule has 1 unspecified atom stereocenters. The van der Waals surface area contributed by atoms with Crippen molar-refractivity contribution in [2.45, 2.75) is 45.1 Å². The average Bonchev–Trinajstić information content (AvgIpc) is 3.10. The van der Waals surface area contributed by atoms with E-state index in [0.717, 1.165) is 44.2 Å². The summed E-state index contributed by atoms with van der Waals surface area (Å²) in [5.41, 5.74) is 2.42. The fraction of sp³-hybridized carbons (Fsp3) is 0.545. The monoisotopic (exact) mass is 351 g/mol. The minimum absolute atomic E-state index is 0.208. The Morgan fingerprint density at radius 2 is 1.92 bits per heavy atom. The van der Waals surface area contributed by atoms with Gasteiger partial charge >= 0.3 is 0 Å². The van der Waals surface area contributed by atoms with Crippen molar-refractivity contribution < 1.29 is 4.79 Å². The molecule has 1 aliphatic carbocycles. The zero-order valence-electron chi connectivity index (χ0n) is 15.7. The Labute approximate surface area is 156 Å². The molecule has 1 aliphatic heterocycles. The van der Waals surface area contributed by atoms with E-state index in [-0.39, 0.29) is 5.91 Å². The fourth-order valence-electron chi connectivity index (χ4n) is 4.79. The summed E-state index contributed by atoms with van der Waals surface area (Å²) >= 11 is 0. The normalized spacial score (nSPS) is 22.7. The van der Waals surface area contributed by atoms with Crippen LogP contribution in [0.4, 0.5) is 0 Å². The van der Waals surface area contributed by atoms with Gasteiger partial charge in [0.1, 0.15) is 0 Å². The molecule has 1 amide bonds. The summed E-state index contributed by atoms with van der Waals surface area (Å²) in [5, 5.41) is 1.20. The number of fused-ring (bicyclic) bond motifs is 1. The number of carbonyl (C=O) groups excluding carboxylic acids is 1. The molecule has 2 aliphatic rings. The summed E-state index contributed by atoms with van der Waals surface area (Å²) in [6, 6.07) is 11.3. The molecular weight excluding hydrogens is 322 g/mol. The molecule has 1 atom stereocenters. The maximum Gasteiger partial charge on any atom is 0.219 e. The number of amides is 1. The summed E-state index contributed by atoms with van der Waals surface area (Å²) in [6.07, 6.45) is 8.23. The highest BCUT2D eigenvalue weighted by atomic mass is 16.2. The van der Waals surface area contributed by atoms with Gasteiger partial charge in [-0.15, -0.1) is 0 Å². The van der Waals surface area contributed by atoms with Gasteiger partial charge in [-0.3, -0.25) is 14.7 Å². The molecule has 0 spiro atoms. The van der Waals surface area contributed by atoms with Gasteiger partial charge in [0.2, 0.25) is 5.91 Å². The van der Waals surface area contributed by atoms with Crippen LogP contribution in [0, 0.1) is 5.92 Å². The van der Waals surface area contributed by atoms with E-state index in [4.69, 9.17) is 0 Å². The first-order valence-electron chi connectivity index (χ1n) is 10.0. The number of nitrogens with zero attached hydrogens (tertiary/aromatic N) is 3. The Bertz CT molecular complexity index is 764. The summed E-state index contributed by atoms with van der Waals surface area (Å²) in [7, 11) is 0. The van der Waals surface area contributed by atoms with Crippen LogP contribution in [-0.2, 0) is 11.2 Å². The maximum atomic E-state index is 12.1. The van der Waals surface area contributed by atoms with Crippen molar-refractivity contribution >= 4 is 16.8 Å². The first kappa shape index (κ1) is 17.5. The van der Waals surface area contributed by atoms with Crippen molar-refractivity contribution in [1.29, 1.82) is 0 Å². The number of rotatable bonds is 3. The van der Waals surface area contributed by atoms with Gasteiger partial charge in [0.25, 0.3) is 0 Å². The topological polar surface area (TPSA) is 36.4 Å². The van der Waals surface area contributed by atoms with Gasteiger partial charge in [-0.1, -0.05) is 37.1 Å². The molecule has 1 saturated carbocycles. The highest BCUT2D eigenvalue weighted by Gasteiger charge is 2.30. The van der Waals surface area contributed by atoms with E-state index in [0.29, 0.717) is 5.92 Å². The third-order valence-corrected chi connectivity index (χ3v) is 6.14. The van der Waals surface area contributed by atoms with E-state index in [1.165, 1.54) is 36.6 Å². The van der Waals surface area contributed by atoms with Crippen LogP contribution in [-0.4, -0.2) is 52.9 Å².